The standard InChI is InChI=1S/C30H27N3O4/c1-21-27(26-17-8-9-18-31-26)29(24-15-11-16-25(20-24)33(35)36)28(22(2)32-21)30(34)37-19-10-4-7-14-23-12-5-3-6-13-23/h3-18,20,29,32H,19H2,1-2H3. The van der Waals surface area contributed by atoms with Crippen LogP contribution in [0, 0.1) is 10.1 Å². The molecule has 1 aliphatic rings. The number of dihydropyridines is 1. The van der Waals surface area contributed by atoms with Crippen molar-refractivity contribution in [1.82, 2.24) is 10.3 Å². The van der Waals surface area contributed by atoms with Crippen LogP contribution in [0.5, 0.6) is 0 Å². The average Bonchev–Trinajstić information content (AvgIpc) is 2.91. The molecule has 1 aromatic heterocycles. The number of allylic oxidation sites excluding steroid dienone is 5. The number of carbonyl (C=O) groups is 1. The van der Waals surface area contributed by atoms with E-state index >= 15 is 0 Å². The molecule has 1 unspecified atom stereocenters. The van der Waals surface area contributed by atoms with Gasteiger partial charge in [0.15, 0.2) is 0 Å². The van der Waals surface area contributed by atoms with Gasteiger partial charge < -0.3 is 10.1 Å². The SMILES string of the molecule is CC1=C(C(=O)OCC=CC=Cc2ccccc2)C(c2cccc([N+](=O)[O-])c2)C(c2ccccn2)=C(C)N1. The van der Waals surface area contributed by atoms with Crippen molar-refractivity contribution in [3.05, 3.63) is 141 Å². The first-order valence-electron chi connectivity index (χ1n) is 11.9. The first-order valence-corrected chi connectivity index (χ1v) is 11.9. The highest BCUT2D eigenvalue weighted by atomic mass is 16.6. The molecule has 2 aromatic carbocycles. The van der Waals surface area contributed by atoms with Crippen molar-refractivity contribution in [3.63, 3.8) is 0 Å². The Balaban J connectivity index is 1.62. The van der Waals surface area contributed by atoms with E-state index in [1.54, 1.807) is 31.3 Å². The molecular weight excluding hydrogens is 466 g/mol. The van der Waals surface area contributed by atoms with E-state index in [0.29, 0.717) is 22.5 Å². The number of carbonyl (C=O) groups excluding carboxylic acids is 1. The highest BCUT2D eigenvalue weighted by Gasteiger charge is 2.35. The van der Waals surface area contributed by atoms with Crippen molar-refractivity contribution in [3.8, 4) is 0 Å². The van der Waals surface area contributed by atoms with E-state index in [1.807, 2.05) is 73.7 Å². The maximum Gasteiger partial charge on any atom is 0.337 e. The summed E-state index contributed by atoms with van der Waals surface area (Å²) < 4.78 is 5.62. The van der Waals surface area contributed by atoms with Crippen molar-refractivity contribution in [2.45, 2.75) is 19.8 Å². The molecule has 1 atom stereocenters. The molecule has 7 heteroatoms. The van der Waals surface area contributed by atoms with Crippen LogP contribution in [0.1, 0.15) is 36.6 Å². The minimum absolute atomic E-state index is 0.0486. The number of esters is 1. The first-order chi connectivity index (χ1) is 18.0. The normalized spacial score (nSPS) is 15.8. The van der Waals surface area contributed by atoms with Gasteiger partial charge in [0.25, 0.3) is 5.69 Å². The maximum absolute atomic E-state index is 13.4. The van der Waals surface area contributed by atoms with Gasteiger partial charge >= 0.3 is 5.97 Å². The molecular formula is C30H27N3O4. The Bertz CT molecular complexity index is 1410. The Morgan fingerprint density at radius 1 is 1.03 bits per heavy atom. The van der Waals surface area contributed by atoms with Crippen molar-refractivity contribution in [2.24, 2.45) is 0 Å². The molecule has 0 saturated heterocycles. The Morgan fingerprint density at radius 2 is 1.81 bits per heavy atom. The molecule has 4 rings (SSSR count). The van der Waals surface area contributed by atoms with Gasteiger partial charge in [-0.1, -0.05) is 66.8 Å². The fourth-order valence-corrected chi connectivity index (χ4v) is 4.34. The second kappa shape index (κ2) is 11.8. The summed E-state index contributed by atoms with van der Waals surface area (Å²) in [7, 11) is 0. The highest BCUT2D eigenvalue weighted by Crippen LogP contribution is 2.43. The molecule has 0 fully saturated rings. The largest absolute Gasteiger partial charge is 0.458 e. The molecule has 0 radical (unpaired) electrons. The van der Waals surface area contributed by atoms with Crippen LogP contribution in [-0.4, -0.2) is 22.5 Å². The second-order valence-electron chi connectivity index (χ2n) is 8.50. The van der Waals surface area contributed by atoms with Crippen molar-refractivity contribution < 1.29 is 14.5 Å². The minimum Gasteiger partial charge on any atom is -0.458 e. The molecule has 1 N–H and O–H groups in total. The maximum atomic E-state index is 13.4. The van der Waals surface area contributed by atoms with E-state index in [-0.39, 0.29) is 12.3 Å². The molecule has 0 spiro atoms. The fourth-order valence-electron chi connectivity index (χ4n) is 4.34. The molecule has 1 aliphatic heterocycles. The average molecular weight is 494 g/mol. The molecule has 2 heterocycles. The number of hydrogen-bond donors (Lipinski definition) is 1. The molecule has 0 bridgehead atoms. The van der Waals surface area contributed by atoms with Gasteiger partial charge in [-0.05, 0) is 43.2 Å². The topological polar surface area (TPSA) is 94.4 Å². The summed E-state index contributed by atoms with van der Waals surface area (Å²) in [4.78, 5) is 29.0. The number of pyridine rings is 1. The van der Waals surface area contributed by atoms with Gasteiger partial charge in [0.2, 0.25) is 0 Å². The number of benzene rings is 2. The Morgan fingerprint density at radius 3 is 2.54 bits per heavy atom. The summed E-state index contributed by atoms with van der Waals surface area (Å²) in [6.45, 7) is 3.79. The molecule has 0 amide bonds. The van der Waals surface area contributed by atoms with Crippen LogP contribution in [0.2, 0.25) is 0 Å². The summed E-state index contributed by atoms with van der Waals surface area (Å²) in [6.07, 6.45) is 9.10. The number of non-ortho nitro benzene ring substituents is 1. The number of nitrogens with zero attached hydrogens (tertiary/aromatic N) is 2. The zero-order chi connectivity index (χ0) is 26.2. The molecule has 186 valence electrons. The number of ether oxygens (including phenoxy) is 1. The summed E-state index contributed by atoms with van der Waals surface area (Å²) in [5.74, 6) is -1.09. The Hall–Kier alpha value is -4.78. The minimum atomic E-state index is -0.592. The molecule has 0 aliphatic carbocycles. The smallest absolute Gasteiger partial charge is 0.337 e. The predicted molar refractivity (Wildman–Crippen MR) is 144 cm³/mol. The van der Waals surface area contributed by atoms with Gasteiger partial charge in [0, 0.05) is 41.2 Å². The van der Waals surface area contributed by atoms with Gasteiger partial charge in [0.1, 0.15) is 6.61 Å². The lowest BCUT2D eigenvalue weighted by Gasteiger charge is -2.31. The van der Waals surface area contributed by atoms with Gasteiger partial charge in [0.05, 0.1) is 16.2 Å². The molecule has 0 saturated carbocycles. The Labute approximate surface area is 215 Å². The fraction of sp³-hybridized carbons (Fsp3) is 0.133. The molecule has 3 aromatic rings. The van der Waals surface area contributed by atoms with Crippen molar-refractivity contribution in [1.29, 1.82) is 0 Å². The van der Waals surface area contributed by atoms with Crippen LogP contribution in [-0.2, 0) is 9.53 Å². The van der Waals surface area contributed by atoms with E-state index in [2.05, 4.69) is 10.3 Å². The summed E-state index contributed by atoms with van der Waals surface area (Å²) in [5, 5.41) is 14.8. The lowest BCUT2D eigenvalue weighted by Crippen LogP contribution is -2.29. The van der Waals surface area contributed by atoms with Crippen LogP contribution in [0.15, 0.2) is 114 Å². The lowest BCUT2D eigenvalue weighted by atomic mass is 9.79. The molecule has 7 nitrogen and oxygen atoms in total. The summed E-state index contributed by atoms with van der Waals surface area (Å²) >= 11 is 0. The number of aromatic nitrogens is 1. The zero-order valence-electron chi connectivity index (χ0n) is 20.6. The van der Waals surface area contributed by atoms with Crippen LogP contribution >= 0.6 is 0 Å². The van der Waals surface area contributed by atoms with Crippen molar-refractivity contribution in [2.75, 3.05) is 6.61 Å². The lowest BCUT2D eigenvalue weighted by molar-refractivity contribution is -0.384. The van der Waals surface area contributed by atoms with Gasteiger partial charge in [-0.15, -0.1) is 0 Å². The third-order valence-electron chi connectivity index (χ3n) is 5.98. The number of rotatable bonds is 8. The third kappa shape index (κ3) is 6.08. The van der Waals surface area contributed by atoms with Gasteiger partial charge in [-0.2, -0.15) is 0 Å². The first kappa shape index (κ1) is 25.3. The quantitative estimate of drug-likeness (QED) is 0.174. The van der Waals surface area contributed by atoms with E-state index in [0.717, 1.165) is 16.8 Å². The van der Waals surface area contributed by atoms with Gasteiger partial charge in [-0.25, -0.2) is 4.79 Å². The number of nitrogens with one attached hydrogen (secondary N) is 1. The van der Waals surface area contributed by atoms with Crippen LogP contribution in [0.25, 0.3) is 11.6 Å². The van der Waals surface area contributed by atoms with E-state index in [4.69, 9.17) is 4.74 Å². The van der Waals surface area contributed by atoms with Crippen LogP contribution < -0.4 is 5.32 Å². The molecule has 37 heavy (non-hydrogen) atoms. The Kier molecular flexibility index (Phi) is 8.05. The van der Waals surface area contributed by atoms with Crippen LogP contribution in [0.3, 0.4) is 0 Å². The van der Waals surface area contributed by atoms with Crippen LogP contribution in [0.4, 0.5) is 5.69 Å². The van der Waals surface area contributed by atoms with Gasteiger partial charge in [-0.3, -0.25) is 15.1 Å². The third-order valence-corrected chi connectivity index (χ3v) is 5.98. The summed E-state index contributed by atoms with van der Waals surface area (Å²) in [5.41, 5.74) is 4.91. The monoisotopic (exact) mass is 493 g/mol. The van der Waals surface area contributed by atoms with Crippen molar-refractivity contribution >= 4 is 23.3 Å². The number of nitro benzene ring substituents is 1. The second-order valence-corrected chi connectivity index (χ2v) is 8.50. The summed E-state index contributed by atoms with van der Waals surface area (Å²) in [6, 6.07) is 21.8. The van der Waals surface area contributed by atoms with E-state index in [1.165, 1.54) is 12.1 Å². The van der Waals surface area contributed by atoms with E-state index in [9.17, 15) is 14.9 Å². The number of hydrogen-bond acceptors (Lipinski definition) is 6. The predicted octanol–water partition coefficient (Wildman–Crippen LogP) is 6.19. The highest BCUT2D eigenvalue weighted by molar-refractivity contribution is 5.97. The zero-order valence-corrected chi connectivity index (χ0v) is 20.6. The van der Waals surface area contributed by atoms with E-state index < -0.39 is 16.8 Å². The number of nitro groups is 1.